The first-order valence-corrected chi connectivity index (χ1v) is 11.0. The van der Waals surface area contributed by atoms with Crippen LogP contribution in [0.25, 0.3) is 10.9 Å². The van der Waals surface area contributed by atoms with Gasteiger partial charge in [0, 0.05) is 23.3 Å². The number of fused-ring (bicyclic) bond motifs is 1. The number of ether oxygens (including phenoxy) is 3. The van der Waals surface area contributed by atoms with Crippen molar-refractivity contribution in [1.29, 1.82) is 0 Å². The highest BCUT2D eigenvalue weighted by atomic mass is 19.1. The lowest BCUT2D eigenvalue weighted by Gasteiger charge is -2.17. The van der Waals surface area contributed by atoms with Gasteiger partial charge in [0.1, 0.15) is 17.3 Å². The maximum Gasteiger partial charge on any atom is 0.319 e. The van der Waals surface area contributed by atoms with E-state index < -0.39 is 0 Å². The maximum atomic E-state index is 13.1. The molecule has 8 heteroatoms. The highest BCUT2D eigenvalue weighted by molar-refractivity contribution is 5.91. The Labute approximate surface area is 202 Å². The number of urea groups is 1. The van der Waals surface area contributed by atoms with Crippen LogP contribution in [0.1, 0.15) is 24.1 Å². The molecule has 0 saturated carbocycles. The number of carbonyl (C=O) groups is 1. The minimum atomic E-state index is -0.361. The Hall–Kier alpha value is -4.33. The van der Waals surface area contributed by atoms with Gasteiger partial charge in [-0.3, -0.25) is 4.98 Å². The van der Waals surface area contributed by atoms with Crippen LogP contribution in [-0.4, -0.2) is 25.2 Å². The third kappa shape index (κ3) is 5.43. The standard InChI is InChI=1S/C27H26FN3O4/c1-16-13-20(35-24-11-12-29-23-15-26(34-4)25(33-3)14-21(23)24)9-10-22(16)31-27(32)30-17(2)18-5-7-19(28)8-6-18/h5-15,17H,1-4H3,(H2,30,31,32)/t17-/m0/s1. The van der Waals surface area contributed by atoms with Gasteiger partial charge in [0.15, 0.2) is 11.5 Å². The van der Waals surface area contributed by atoms with E-state index in [9.17, 15) is 9.18 Å². The zero-order valence-corrected chi connectivity index (χ0v) is 19.9. The maximum absolute atomic E-state index is 13.1. The molecule has 3 aromatic carbocycles. The SMILES string of the molecule is COc1cc2nccc(Oc3ccc(NC(=O)N[C@@H](C)c4ccc(F)cc4)c(C)c3)c2cc1OC. The molecule has 2 N–H and O–H groups in total. The van der Waals surface area contributed by atoms with Crippen LogP contribution in [0.3, 0.4) is 0 Å². The molecule has 0 fully saturated rings. The average molecular weight is 476 g/mol. The molecule has 7 nitrogen and oxygen atoms in total. The van der Waals surface area contributed by atoms with Crippen molar-refractivity contribution in [3.05, 3.63) is 83.8 Å². The highest BCUT2D eigenvalue weighted by Gasteiger charge is 2.13. The summed E-state index contributed by atoms with van der Waals surface area (Å²) < 4.78 is 30.0. The largest absolute Gasteiger partial charge is 0.493 e. The summed E-state index contributed by atoms with van der Waals surface area (Å²) >= 11 is 0. The second-order valence-corrected chi connectivity index (χ2v) is 7.98. The molecule has 4 rings (SSSR count). The summed E-state index contributed by atoms with van der Waals surface area (Å²) in [6.07, 6.45) is 1.67. The minimum absolute atomic E-state index is 0.283. The molecule has 35 heavy (non-hydrogen) atoms. The fourth-order valence-corrected chi connectivity index (χ4v) is 3.69. The van der Waals surface area contributed by atoms with Crippen molar-refractivity contribution < 1.29 is 23.4 Å². The fraction of sp³-hybridized carbons (Fsp3) is 0.185. The van der Waals surface area contributed by atoms with E-state index in [4.69, 9.17) is 14.2 Å². The molecule has 1 aromatic heterocycles. The van der Waals surface area contributed by atoms with Crippen molar-refractivity contribution in [1.82, 2.24) is 10.3 Å². The Kier molecular flexibility index (Phi) is 7.01. The highest BCUT2D eigenvalue weighted by Crippen LogP contribution is 2.37. The van der Waals surface area contributed by atoms with Gasteiger partial charge in [0.2, 0.25) is 0 Å². The van der Waals surface area contributed by atoms with Crippen LogP contribution in [0.4, 0.5) is 14.9 Å². The van der Waals surface area contributed by atoms with Crippen molar-refractivity contribution in [3.63, 3.8) is 0 Å². The third-order valence-corrected chi connectivity index (χ3v) is 5.60. The topological polar surface area (TPSA) is 81.7 Å². The first-order chi connectivity index (χ1) is 16.9. The van der Waals surface area contributed by atoms with E-state index in [1.807, 2.05) is 26.0 Å². The van der Waals surface area contributed by atoms with E-state index in [-0.39, 0.29) is 17.9 Å². The number of aryl methyl sites for hydroxylation is 1. The summed E-state index contributed by atoms with van der Waals surface area (Å²) in [4.78, 5) is 16.9. The second kappa shape index (κ2) is 10.3. The number of benzene rings is 3. The number of nitrogens with one attached hydrogen (secondary N) is 2. The number of halogens is 1. The van der Waals surface area contributed by atoms with Gasteiger partial charge < -0.3 is 24.8 Å². The number of hydrogen-bond donors (Lipinski definition) is 2. The van der Waals surface area contributed by atoms with E-state index in [0.29, 0.717) is 34.2 Å². The second-order valence-electron chi connectivity index (χ2n) is 7.98. The molecule has 180 valence electrons. The molecule has 0 aliphatic carbocycles. The number of pyridine rings is 1. The van der Waals surface area contributed by atoms with Crippen LogP contribution in [-0.2, 0) is 0 Å². The molecule has 2 amide bonds. The Balaban J connectivity index is 1.48. The normalized spacial score (nSPS) is 11.6. The van der Waals surface area contributed by atoms with E-state index in [1.54, 1.807) is 56.8 Å². The molecule has 0 aliphatic rings. The van der Waals surface area contributed by atoms with Gasteiger partial charge in [-0.25, -0.2) is 9.18 Å². The lowest BCUT2D eigenvalue weighted by Crippen LogP contribution is -2.31. The Bertz CT molecular complexity index is 1360. The van der Waals surface area contributed by atoms with Crippen LogP contribution in [0, 0.1) is 12.7 Å². The molecule has 4 aromatic rings. The van der Waals surface area contributed by atoms with Crippen molar-refractivity contribution in [2.24, 2.45) is 0 Å². The van der Waals surface area contributed by atoms with Crippen LogP contribution in [0.2, 0.25) is 0 Å². The van der Waals surface area contributed by atoms with E-state index in [1.165, 1.54) is 12.1 Å². The molecular weight excluding hydrogens is 449 g/mol. The number of carbonyl (C=O) groups excluding carboxylic acids is 1. The van der Waals surface area contributed by atoms with Crippen LogP contribution < -0.4 is 24.8 Å². The summed E-state index contributed by atoms with van der Waals surface area (Å²) in [6.45, 7) is 3.71. The van der Waals surface area contributed by atoms with Crippen LogP contribution in [0.15, 0.2) is 66.9 Å². The summed E-state index contributed by atoms with van der Waals surface area (Å²) in [6, 6.07) is 16.2. The Morgan fingerprint density at radius 2 is 1.66 bits per heavy atom. The summed E-state index contributed by atoms with van der Waals surface area (Å²) in [5, 5.41) is 6.48. The number of nitrogens with zero attached hydrogens (tertiary/aromatic N) is 1. The molecule has 0 saturated heterocycles. The first kappa shape index (κ1) is 23.8. The summed E-state index contributed by atoms with van der Waals surface area (Å²) in [5.41, 5.74) is 2.99. The van der Waals surface area contributed by atoms with E-state index >= 15 is 0 Å². The van der Waals surface area contributed by atoms with Crippen LogP contribution >= 0.6 is 0 Å². The molecule has 0 bridgehead atoms. The van der Waals surface area contributed by atoms with Crippen molar-refractivity contribution >= 4 is 22.6 Å². The molecule has 1 heterocycles. The fourth-order valence-electron chi connectivity index (χ4n) is 3.69. The van der Waals surface area contributed by atoms with Crippen LogP contribution in [0.5, 0.6) is 23.0 Å². The smallest absolute Gasteiger partial charge is 0.319 e. The zero-order valence-electron chi connectivity index (χ0n) is 19.9. The third-order valence-electron chi connectivity index (χ3n) is 5.60. The molecule has 0 spiro atoms. The van der Waals surface area contributed by atoms with Gasteiger partial charge in [0.25, 0.3) is 0 Å². The van der Waals surface area contributed by atoms with E-state index in [0.717, 1.165) is 16.5 Å². The Morgan fingerprint density at radius 1 is 0.943 bits per heavy atom. The Morgan fingerprint density at radius 3 is 2.34 bits per heavy atom. The van der Waals surface area contributed by atoms with Gasteiger partial charge in [-0.15, -0.1) is 0 Å². The number of anilines is 1. The van der Waals surface area contributed by atoms with Gasteiger partial charge >= 0.3 is 6.03 Å². The number of rotatable bonds is 7. The van der Waals surface area contributed by atoms with Gasteiger partial charge in [-0.1, -0.05) is 12.1 Å². The number of hydrogen-bond acceptors (Lipinski definition) is 5. The van der Waals surface area contributed by atoms with Crippen molar-refractivity contribution in [3.8, 4) is 23.0 Å². The molecule has 0 aliphatic heterocycles. The molecule has 1 atom stereocenters. The number of aromatic nitrogens is 1. The predicted molar refractivity (Wildman–Crippen MR) is 133 cm³/mol. The van der Waals surface area contributed by atoms with Crippen molar-refractivity contribution in [2.75, 3.05) is 19.5 Å². The summed E-state index contributed by atoms with van der Waals surface area (Å²) in [7, 11) is 3.15. The first-order valence-electron chi connectivity index (χ1n) is 11.0. The zero-order chi connectivity index (χ0) is 24.9. The number of amides is 2. The van der Waals surface area contributed by atoms with Gasteiger partial charge in [-0.05, 0) is 67.4 Å². The summed E-state index contributed by atoms with van der Waals surface area (Å²) in [5.74, 6) is 2.07. The lowest BCUT2D eigenvalue weighted by molar-refractivity contribution is 0.249. The lowest BCUT2D eigenvalue weighted by atomic mass is 10.1. The minimum Gasteiger partial charge on any atom is -0.493 e. The van der Waals surface area contributed by atoms with E-state index in [2.05, 4.69) is 15.6 Å². The van der Waals surface area contributed by atoms with Crippen molar-refractivity contribution in [2.45, 2.75) is 19.9 Å². The predicted octanol–water partition coefficient (Wildman–Crippen LogP) is 6.37. The molecular formula is C27H26FN3O4. The van der Waals surface area contributed by atoms with Gasteiger partial charge in [-0.2, -0.15) is 0 Å². The quantitative estimate of drug-likeness (QED) is 0.324. The van der Waals surface area contributed by atoms with Gasteiger partial charge in [0.05, 0.1) is 25.8 Å². The molecule has 0 unspecified atom stereocenters. The number of methoxy groups -OCH3 is 2. The molecule has 0 radical (unpaired) electrons. The monoisotopic (exact) mass is 475 g/mol. The average Bonchev–Trinajstić information content (AvgIpc) is 2.85.